The van der Waals surface area contributed by atoms with Gasteiger partial charge in [-0.15, -0.1) is 0 Å². The summed E-state index contributed by atoms with van der Waals surface area (Å²) in [5.41, 5.74) is 0. The minimum absolute atomic E-state index is 0.596. The molecule has 1 rings (SSSR count). The molecule has 0 aliphatic carbocycles. The normalized spacial score (nSPS) is 9.38. The Balaban J connectivity index is 3.03. The van der Waals surface area contributed by atoms with Crippen molar-refractivity contribution in [1.82, 2.24) is 0 Å². The molecule has 0 saturated carbocycles. The van der Waals surface area contributed by atoms with Crippen LogP contribution in [-0.4, -0.2) is 65.9 Å². The molecule has 0 radical (unpaired) electrons. The monoisotopic (exact) mass is 288 g/mol. The number of hydrogen-bond acceptors (Lipinski definition) is 0. The van der Waals surface area contributed by atoms with Gasteiger partial charge in [-0.05, 0) is 0 Å². The van der Waals surface area contributed by atoms with Gasteiger partial charge in [-0.2, -0.15) is 0 Å². The number of rotatable bonds is 0. The Morgan fingerprint density at radius 3 is 2.00 bits per heavy atom. The molecule has 0 unspecified atom stereocenters. The molecule has 0 bridgehead atoms. The van der Waals surface area contributed by atoms with Crippen LogP contribution >= 0.6 is 15.9 Å². The van der Waals surface area contributed by atoms with E-state index >= 15 is 0 Å². The van der Waals surface area contributed by atoms with Gasteiger partial charge in [0, 0.05) is 0 Å². The molecule has 0 saturated heterocycles. The Labute approximate surface area is 105 Å². The van der Waals surface area contributed by atoms with E-state index in [1.54, 1.807) is 0 Å². The van der Waals surface area contributed by atoms with Crippen molar-refractivity contribution in [3.8, 4) is 0 Å². The van der Waals surface area contributed by atoms with Gasteiger partial charge in [-0.25, -0.2) is 0 Å². The summed E-state index contributed by atoms with van der Waals surface area (Å²) in [6, 6.07) is 8.53. The van der Waals surface area contributed by atoms with Crippen LogP contribution in [0.15, 0.2) is 28.7 Å². The van der Waals surface area contributed by atoms with E-state index in [4.69, 9.17) is 0 Å². The van der Waals surface area contributed by atoms with Crippen molar-refractivity contribution in [2.45, 2.75) is 0 Å². The van der Waals surface area contributed by atoms with Gasteiger partial charge in [0.2, 0.25) is 0 Å². The number of halogens is 1. The molecule has 2 heteroatoms. The van der Waals surface area contributed by atoms with E-state index in [0.717, 1.165) is 0 Å². The van der Waals surface area contributed by atoms with Crippen LogP contribution in [0.4, 0.5) is 0 Å². The molecule has 0 fully saturated rings. The molecule has 36 valence electrons. The molecule has 0 N–H and O–H groups in total. The second-order valence-electron chi connectivity index (χ2n) is 1.80. The predicted octanol–water partition coefficient (Wildman–Crippen LogP) is 1.24. The Bertz CT molecular complexity index is 147. The van der Waals surface area contributed by atoms with E-state index in [2.05, 4.69) is 40.2 Å². The van der Waals surface area contributed by atoms with Crippen LogP contribution in [0.1, 0.15) is 0 Å². The number of hydrogen-bond donors (Lipinski definition) is 0. The van der Waals surface area contributed by atoms with Gasteiger partial charge in [-0.1, -0.05) is 0 Å². The Morgan fingerprint density at radius 2 is 1.62 bits per heavy atom. The van der Waals surface area contributed by atoms with Gasteiger partial charge in [0.1, 0.15) is 0 Å². The first-order chi connectivity index (χ1) is 3.79. The van der Waals surface area contributed by atoms with Crippen LogP contribution < -0.4 is -3.01 Å². The maximum absolute atomic E-state index is 3.37. The average molecular weight is 289 g/mol. The van der Waals surface area contributed by atoms with Crippen molar-refractivity contribution in [1.29, 1.82) is 0 Å². The van der Waals surface area contributed by atoms with Crippen LogP contribution in [0.2, 0.25) is 0 Å². The van der Waals surface area contributed by atoms with Crippen molar-refractivity contribution in [2.24, 2.45) is 0 Å². The van der Waals surface area contributed by atoms with Gasteiger partial charge in [0.25, 0.3) is 0 Å². The summed E-state index contributed by atoms with van der Waals surface area (Å²) in [4.78, 5) is 0. The first kappa shape index (κ1) is 7.85. The zero-order valence-electron chi connectivity index (χ0n) is 4.69. The quantitative estimate of drug-likeness (QED) is 0.674. The van der Waals surface area contributed by atoms with Gasteiger partial charge in [0.15, 0.2) is 0 Å². The van der Waals surface area contributed by atoms with Crippen LogP contribution in [0.5, 0.6) is 0 Å². The SMILES string of the molecule is Brc1cc[c]([Cs])cc1. The van der Waals surface area contributed by atoms with Crippen molar-refractivity contribution >= 4 is 78.8 Å². The summed E-state index contributed by atoms with van der Waals surface area (Å²) in [5.74, 6) is 0. The third kappa shape index (κ3) is 2.56. The fourth-order valence-electron chi connectivity index (χ4n) is 0.533. The van der Waals surface area contributed by atoms with Crippen LogP contribution in [-0.2, 0) is 0 Å². The van der Waals surface area contributed by atoms with Crippen LogP contribution in [0, 0.1) is 0 Å². The molecule has 1 aromatic carbocycles. The summed E-state index contributed by atoms with van der Waals surface area (Å²) in [6.07, 6.45) is 0. The van der Waals surface area contributed by atoms with Crippen molar-refractivity contribution < 1.29 is 0 Å². The third-order valence-corrected chi connectivity index (χ3v) is 3.63. The van der Waals surface area contributed by atoms with E-state index in [-0.39, 0.29) is 0 Å². The van der Waals surface area contributed by atoms with Crippen molar-refractivity contribution in [2.75, 3.05) is 0 Å². The molecule has 0 aliphatic rings. The molecule has 0 aromatic heterocycles. The first-order valence-corrected chi connectivity index (χ1v) is 6.44. The number of benzene rings is 1. The van der Waals surface area contributed by atoms with Gasteiger partial charge in [-0.3, -0.25) is 0 Å². The van der Waals surface area contributed by atoms with E-state index in [0.29, 0.717) is 65.9 Å². The molecule has 0 atom stereocenters. The van der Waals surface area contributed by atoms with Gasteiger partial charge < -0.3 is 0 Å². The van der Waals surface area contributed by atoms with E-state index in [1.807, 2.05) is 0 Å². The van der Waals surface area contributed by atoms with Crippen LogP contribution in [0.25, 0.3) is 0 Å². The fraction of sp³-hybridized carbons (Fsp3) is 0. The Morgan fingerprint density at radius 1 is 1.12 bits per heavy atom. The molecule has 0 spiro atoms. The molecular weight excluding hydrogens is 285 g/mol. The van der Waals surface area contributed by atoms with Crippen LogP contribution in [0.3, 0.4) is 0 Å². The second kappa shape index (κ2) is 3.81. The average Bonchev–Trinajstić information content (AvgIpc) is 1.77. The summed E-state index contributed by atoms with van der Waals surface area (Å²) in [7, 11) is 0. The van der Waals surface area contributed by atoms with E-state index in [9.17, 15) is 0 Å². The predicted molar refractivity (Wildman–Crippen MR) is 39.5 cm³/mol. The maximum atomic E-state index is 3.37. The summed E-state index contributed by atoms with van der Waals surface area (Å²) in [5, 5.41) is 0. The van der Waals surface area contributed by atoms with Crippen molar-refractivity contribution in [3.63, 3.8) is 0 Å². The second-order valence-corrected chi connectivity index (χ2v) is 6.34. The molecule has 8 heavy (non-hydrogen) atoms. The minimum atomic E-state index is 0.596. The standard InChI is InChI=1S/C6H4Br.Cs/c7-6-4-2-1-3-5-6;/h2-5H;. The topological polar surface area (TPSA) is 0 Å². The van der Waals surface area contributed by atoms with E-state index < -0.39 is 0 Å². The molecule has 0 nitrogen and oxygen atoms in total. The molecule has 0 heterocycles. The Hall–Kier alpha value is 1.75. The zero-order valence-corrected chi connectivity index (χ0v) is 12.6. The first-order valence-electron chi connectivity index (χ1n) is 2.51. The van der Waals surface area contributed by atoms with E-state index in [1.165, 1.54) is 1.46 Å². The summed E-state index contributed by atoms with van der Waals surface area (Å²) >= 11 is 3.97. The molecule has 0 aliphatic heterocycles. The Kier molecular flexibility index (Phi) is 3.74. The fourth-order valence-corrected chi connectivity index (χ4v) is 1.84. The van der Waals surface area contributed by atoms with Gasteiger partial charge >= 0.3 is 108 Å². The molecule has 0 amide bonds. The van der Waals surface area contributed by atoms with Crippen molar-refractivity contribution in [3.05, 3.63) is 28.7 Å². The summed E-state index contributed by atoms with van der Waals surface area (Å²) < 4.78 is 2.70. The summed E-state index contributed by atoms with van der Waals surface area (Å²) in [6.45, 7) is 0. The van der Waals surface area contributed by atoms with Gasteiger partial charge in [0.05, 0.1) is 0 Å². The zero-order chi connectivity index (χ0) is 5.98. The third-order valence-electron chi connectivity index (χ3n) is 1.01. The molecule has 1 aromatic rings. The molecular formula is C6H4BrCs.